The minimum absolute atomic E-state index is 0.675. The molecule has 1 heterocycles. The molecule has 5 heteroatoms. The van der Waals surface area contributed by atoms with Crippen LogP contribution in [0.15, 0.2) is 34.8 Å². The van der Waals surface area contributed by atoms with Crippen LogP contribution < -0.4 is 5.73 Å². The molecule has 0 saturated carbocycles. The molecule has 3 rings (SSSR count). The summed E-state index contributed by atoms with van der Waals surface area (Å²) in [5, 5.41) is 0. The van der Waals surface area contributed by atoms with Gasteiger partial charge in [-0.05, 0) is 47.2 Å². The van der Waals surface area contributed by atoms with Gasteiger partial charge in [-0.3, -0.25) is 0 Å². The molecule has 0 aliphatic carbocycles. The molecule has 0 unspecified atom stereocenters. The third-order valence-electron chi connectivity index (χ3n) is 3.03. The number of H-pyrrole nitrogens is 1. The molecular weight excluding hydrogens is 417 g/mol. The second-order valence-corrected chi connectivity index (χ2v) is 6.41. The molecule has 0 aliphatic rings. The van der Waals surface area contributed by atoms with Crippen LogP contribution in [0.3, 0.4) is 0 Å². The lowest BCUT2D eigenvalue weighted by Crippen LogP contribution is -1.88. The second kappa shape index (κ2) is 4.79. The van der Waals surface area contributed by atoms with Gasteiger partial charge in [0.15, 0.2) is 0 Å². The average molecular weight is 428 g/mol. The summed E-state index contributed by atoms with van der Waals surface area (Å²) in [4.78, 5) is 7.96. The molecule has 0 aliphatic heterocycles. The highest BCUT2D eigenvalue weighted by atomic mass is 127. The minimum atomic E-state index is 0.675. The zero-order chi connectivity index (χ0) is 13.6. The number of nitrogens with zero attached hydrogens (tertiary/aromatic N) is 1. The third-order valence-corrected chi connectivity index (χ3v) is 4.92. The molecule has 0 fully saturated rings. The molecule has 3 N–H and O–H groups in total. The Morgan fingerprint density at radius 2 is 2.11 bits per heavy atom. The molecule has 96 valence electrons. The van der Waals surface area contributed by atoms with Crippen LogP contribution in [0.4, 0.5) is 5.69 Å². The number of hydrogen-bond donors (Lipinski definition) is 2. The number of aryl methyl sites for hydroxylation is 1. The van der Waals surface area contributed by atoms with Gasteiger partial charge in [0.1, 0.15) is 11.3 Å². The number of nitrogen functional groups attached to an aromatic ring is 1. The maximum atomic E-state index is 6.00. The van der Waals surface area contributed by atoms with E-state index in [9.17, 15) is 0 Å². The predicted molar refractivity (Wildman–Crippen MR) is 91.1 cm³/mol. The normalized spacial score (nSPS) is 11.1. The second-order valence-electron chi connectivity index (χ2n) is 4.41. The van der Waals surface area contributed by atoms with E-state index >= 15 is 0 Å². The smallest absolute Gasteiger partial charge is 0.139 e. The first-order valence-corrected chi connectivity index (χ1v) is 7.63. The molecule has 0 atom stereocenters. The maximum Gasteiger partial charge on any atom is 0.139 e. The molecule has 0 amide bonds. The molecule has 0 radical (unpaired) electrons. The Labute approximate surface area is 132 Å². The molecule has 0 saturated heterocycles. The first-order valence-electron chi connectivity index (χ1n) is 5.76. The summed E-state index contributed by atoms with van der Waals surface area (Å²) in [7, 11) is 0. The standard InChI is InChI=1S/C14H11BrIN3/c1-7-3-2-4-9(12(7)16)14-18-11-6-8(15)5-10(17)13(11)19-14/h2-6H,17H2,1H3,(H,18,19). The Hall–Kier alpha value is -1.08. The summed E-state index contributed by atoms with van der Waals surface area (Å²) < 4.78 is 2.16. The summed E-state index contributed by atoms with van der Waals surface area (Å²) in [6, 6.07) is 10.1. The van der Waals surface area contributed by atoms with Gasteiger partial charge < -0.3 is 10.7 Å². The monoisotopic (exact) mass is 427 g/mol. The molecule has 3 aromatic rings. The topological polar surface area (TPSA) is 54.7 Å². The van der Waals surface area contributed by atoms with Crippen molar-refractivity contribution in [3.63, 3.8) is 0 Å². The lowest BCUT2D eigenvalue weighted by molar-refractivity contribution is 1.31. The maximum absolute atomic E-state index is 6.00. The van der Waals surface area contributed by atoms with Crippen molar-refractivity contribution in [2.75, 3.05) is 5.73 Å². The van der Waals surface area contributed by atoms with E-state index in [1.54, 1.807) is 0 Å². The van der Waals surface area contributed by atoms with Crippen molar-refractivity contribution in [2.24, 2.45) is 0 Å². The van der Waals surface area contributed by atoms with Gasteiger partial charge in [0.2, 0.25) is 0 Å². The van der Waals surface area contributed by atoms with Crippen LogP contribution in [0, 0.1) is 10.5 Å². The molecule has 0 bridgehead atoms. The van der Waals surface area contributed by atoms with Crippen molar-refractivity contribution >= 4 is 55.2 Å². The van der Waals surface area contributed by atoms with Crippen LogP contribution in [0.2, 0.25) is 0 Å². The number of hydrogen-bond acceptors (Lipinski definition) is 2. The number of aromatic amines is 1. The van der Waals surface area contributed by atoms with E-state index < -0.39 is 0 Å². The van der Waals surface area contributed by atoms with E-state index in [1.165, 1.54) is 9.13 Å². The van der Waals surface area contributed by atoms with E-state index in [4.69, 9.17) is 5.73 Å². The highest BCUT2D eigenvalue weighted by Gasteiger charge is 2.11. The largest absolute Gasteiger partial charge is 0.397 e. The zero-order valence-corrected chi connectivity index (χ0v) is 13.9. The molecule has 2 aromatic carbocycles. The Morgan fingerprint density at radius 1 is 1.32 bits per heavy atom. The van der Waals surface area contributed by atoms with Gasteiger partial charge in [-0.25, -0.2) is 4.98 Å². The van der Waals surface area contributed by atoms with E-state index in [0.29, 0.717) is 5.69 Å². The van der Waals surface area contributed by atoms with Crippen molar-refractivity contribution in [2.45, 2.75) is 6.92 Å². The number of aromatic nitrogens is 2. The van der Waals surface area contributed by atoms with Crippen molar-refractivity contribution in [3.05, 3.63) is 43.9 Å². The van der Waals surface area contributed by atoms with E-state index in [2.05, 4.69) is 67.5 Å². The summed E-state index contributed by atoms with van der Waals surface area (Å²) in [6.45, 7) is 2.10. The number of fused-ring (bicyclic) bond motifs is 1. The van der Waals surface area contributed by atoms with Crippen LogP contribution in [0.25, 0.3) is 22.4 Å². The van der Waals surface area contributed by atoms with Crippen molar-refractivity contribution < 1.29 is 0 Å². The summed E-state index contributed by atoms with van der Waals surface area (Å²) in [5.74, 6) is 0.855. The van der Waals surface area contributed by atoms with Crippen LogP contribution in [-0.4, -0.2) is 9.97 Å². The molecular formula is C14H11BrIN3. The summed E-state index contributed by atoms with van der Waals surface area (Å²) >= 11 is 5.79. The number of halogens is 2. The van der Waals surface area contributed by atoms with Crippen molar-refractivity contribution in [3.8, 4) is 11.4 Å². The first kappa shape index (κ1) is 12.9. The number of nitrogens with one attached hydrogen (secondary N) is 1. The minimum Gasteiger partial charge on any atom is -0.397 e. The third kappa shape index (κ3) is 2.25. The molecule has 1 aromatic heterocycles. The van der Waals surface area contributed by atoms with E-state index in [1.807, 2.05) is 18.2 Å². The molecule has 0 spiro atoms. The van der Waals surface area contributed by atoms with Gasteiger partial charge in [-0.15, -0.1) is 0 Å². The van der Waals surface area contributed by atoms with Gasteiger partial charge in [0.05, 0.1) is 11.2 Å². The molecule has 19 heavy (non-hydrogen) atoms. The van der Waals surface area contributed by atoms with Gasteiger partial charge in [0.25, 0.3) is 0 Å². The lowest BCUT2D eigenvalue weighted by Gasteiger charge is -2.03. The fourth-order valence-electron chi connectivity index (χ4n) is 2.07. The van der Waals surface area contributed by atoms with Gasteiger partial charge in [-0.2, -0.15) is 0 Å². The number of rotatable bonds is 1. The fraction of sp³-hybridized carbons (Fsp3) is 0.0714. The SMILES string of the molecule is Cc1cccc(-c2nc3c(N)cc(Br)cc3[nH]2)c1I. The van der Waals surface area contributed by atoms with Gasteiger partial charge >= 0.3 is 0 Å². The fourth-order valence-corrected chi connectivity index (χ4v) is 3.16. The number of imidazole rings is 1. The van der Waals surface area contributed by atoms with E-state index in [0.717, 1.165) is 26.9 Å². The number of benzene rings is 2. The Kier molecular flexibility index (Phi) is 3.26. The van der Waals surface area contributed by atoms with Crippen LogP contribution in [0.1, 0.15) is 5.56 Å². The molecule has 3 nitrogen and oxygen atoms in total. The number of nitrogens with two attached hydrogens (primary N) is 1. The first-order chi connectivity index (χ1) is 9.06. The quantitative estimate of drug-likeness (QED) is 0.444. The Morgan fingerprint density at radius 3 is 2.89 bits per heavy atom. The Bertz CT molecular complexity index is 780. The predicted octanol–water partition coefficient (Wildman–Crippen LogP) is 4.49. The highest BCUT2D eigenvalue weighted by Crippen LogP contribution is 2.30. The van der Waals surface area contributed by atoms with Crippen molar-refractivity contribution in [1.82, 2.24) is 9.97 Å². The highest BCUT2D eigenvalue weighted by molar-refractivity contribution is 14.1. The zero-order valence-electron chi connectivity index (χ0n) is 10.2. The number of anilines is 1. The van der Waals surface area contributed by atoms with E-state index in [-0.39, 0.29) is 0 Å². The van der Waals surface area contributed by atoms with Crippen LogP contribution >= 0.6 is 38.5 Å². The average Bonchev–Trinajstić information content (AvgIpc) is 2.76. The summed E-state index contributed by atoms with van der Waals surface area (Å²) in [6.07, 6.45) is 0. The van der Waals surface area contributed by atoms with Crippen LogP contribution in [-0.2, 0) is 0 Å². The van der Waals surface area contributed by atoms with Crippen molar-refractivity contribution in [1.29, 1.82) is 0 Å². The van der Waals surface area contributed by atoms with Gasteiger partial charge in [0, 0.05) is 13.6 Å². The summed E-state index contributed by atoms with van der Waals surface area (Å²) in [5.41, 5.74) is 10.8. The Balaban J connectivity index is 2.26. The van der Waals surface area contributed by atoms with Gasteiger partial charge in [-0.1, -0.05) is 34.1 Å². The lowest BCUT2D eigenvalue weighted by atomic mass is 10.1. The van der Waals surface area contributed by atoms with Crippen LogP contribution in [0.5, 0.6) is 0 Å².